The predicted octanol–water partition coefficient (Wildman–Crippen LogP) is 2.89. The molecule has 0 atom stereocenters. The van der Waals surface area contributed by atoms with Gasteiger partial charge in [-0.15, -0.1) is 0 Å². The third-order valence-corrected chi connectivity index (χ3v) is 3.20. The standard InChI is InChI=1S/C15H21N3/c1-3-4-9-15-14(11-18(2)17-15)13-8-6-5-7-12(13)10-16/h5-8,11H,3-4,9-10,16H2,1-2H3. The monoisotopic (exact) mass is 243 g/mol. The van der Waals surface area contributed by atoms with Crippen LogP contribution in [0.4, 0.5) is 0 Å². The molecule has 3 nitrogen and oxygen atoms in total. The summed E-state index contributed by atoms with van der Waals surface area (Å²) >= 11 is 0. The van der Waals surface area contributed by atoms with Gasteiger partial charge in [0.25, 0.3) is 0 Å². The van der Waals surface area contributed by atoms with Gasteiger partial charge in [-0.05, 0) is 24.0 Å². The second-order valence-electron chi connectivity index (χ2n) is 4.63. The first kappa shape index (κ1) is 12.8. The van der Waals surface area contributed by atoms with E-state index in [1.54, 1.807) is 0 Å². The maximum Gasteiger partial charge on any atom is 0.0702 e. The maximum atomic E-state index is 5.82. The van der Waals surface area contributed by atoms with Gasteiger partial charge in [0.2, 0.25) is 0 Å². The molecule has 18 heavy (non-hydrogen) atoms. The molecule has 1 aromatic carbocycles. The van der Waals surface area contributed by atoms with E-state index in [0.717, 1.165) is 6.42 Å². The summed E-state index contributed by atoms with van der Waals surface area (Å²) in [6.07, 6.45) is 5.49. The summed E-state index contributed by atoms with van der Waals surface area (Å²) in [5.41, 5.74) is 10.6. The van der Waals surface area contributed by atoms with Crippen LogP contribution in [0.3, 0.4) is 0 Å². The Hall–Kier alpha value is -1.61. The van der Waals surface area contributed by atoms with Gasteiger partial charge in [0, 0.05) is 25.4 Å². The van der Waals surface area contributed by atoms with E-state index in [1.807, 2.05) is 17.8 Å². The van der Waals surface area contributed by atoms with Crippen molar-refractivity contribution in [1.29, 1.82) is 0 Å². The molecule has 2 N–H and O–H groups in total. The quantitative estimate of drug-likeness (QED) is 0.877. The zero-order valence-electron chi connectivity index (χ0n) is 11.2. The number of rotatable bonds is 5. The van der Waals surface area contributed by atoms with Crippen molar-refractivity contribution in [3.05, 3.63) is 41.7 Å². The van der Waals surface area contributed by atoms with E-state index in [9.17, 15) is 0 Å². The minimum Gasteiger partial charge on any atom is -0.326 e. The molecule has 0 bridgehead atoms. The van der Waals surface area contributed by atoms with E-state index in [4.69, 9.17) is 5.73 Å². The van der Waals surface area contributed by atoms with Crippen molar-refractivity contribution in [2.24, 2.45) is 12.8 Å². The molecule has 0 saturated carbocycles. The van der Waals surface area contributed by atoms with E-state index in [1.165, 1.54) is 35.2 Å². The number of unbranched alkanes of at least 4 members (excludes halogenated alkanes) is 1. The van der Waals surface area contributed by atoms with Gasteiger partial charge in [0.1, 0.15) is 0 Å². The van der Waals surface area contributed by atoms with E-state index >= 15 is 0 Å². The second-order valence-corrected chi connectivity index (χ2v) is 4.63. The van der Waals surface area contributed by atoms with Crippen molar-refractivity contribution in [3.63, 3.8) is 0 Å². The zero-order valence-corrected chi connectivity index (χ0v) is 11.2. The Bertz CT molecular complexity index is 514. The SMILES string of the molecule is CCCCc1nn(C)cc1-c1ccccc1CN. The summed E-state index contributed by atoms with van der Waals surface area (Å²) in [5.74, 6) is 0. The molecule has 0 aliphatic heterocycles. The Morgan fingerprint density at radius 2 is 2.00 bits per heavy atom. The van der Waals surface area contributed by atoms with Gasteiger partial charge in [-0.25, -0.2) is 0 Å². The first-order chi connectivity index (χ1) is 8.76. The molecule has 0 amide bonds. The molecule has 2 rings (SSSR count). The van der Waals surface area contributed by atoms with Crippen LogP contribution in [0.15, 0.2) is 30.5 Å². The molecule has 0 aliphatic carbocycles. The zero-order chi connectivity index (χ0) is 13.0. The van der Waals surface area contributed by atoms with Crippen LogP contribution in [0.1, 0.15) is 31.0 Å². The maximum absolute atomic E-state index is 5.82. The van der Waals surface area contributed by atoms with E-state index in [2.05, 4.69) is 36.4 Å². The Labute approximate surface area is 109 Å². The van der Waals surface area contributed by atoms with Crippen molar-refractivity contribution in [2.75, 3.05) is 0 Å². The highest BCUT2D eigenvalue weighted by molar-refractivity contribution is 5.69. The van der Waals surface area contributed by atoms with Crippen LogP contribution in [0.2, 0.25) is 0 Å². The lowest BCUT2D eigenvalue weighted by atomic mass is 9.98. The minimum atomic E-state index is 0.568. The molecule has 96 valence electrons. The number of hydrogen-bond acceptors (Lipinski definition) is 2. The average Bonchev–Trinajstić information content (AvgIpc) is 2.77. The fraction of sp³-hybridized carbons (Fsp3) is 0.400. The molecule has 0 spiro atoms. The van der Waals surface area contributed by atoms with Crippen LogP contribution in [-0.4, -0.2) is 9.78 Å². The molecule has 0 unspecified atom stereocenters. The van der Waals surface area contributed by atoms with Gasteiger partial charge in [-0.3, -0.25) is 4.68 Å². The lowest BCUT2D eigenvalue weighted by molar-refractivity contribution is 0.713. The Balaban J connectivity index is 2.42. The molecule has 0 saturated heterocycles. The van der Waals surface area contributed by atoms with E-state index < -0.39 is 0 Å². The average molecular weight is 243 g/mol. The van der Waals surface area contributed by atoms with Crippen molar-refractivity contribution >= 4 is 0 Å². The van der Waals surface area contributed by atoms with Crippen molar-refractivity contribution in [1.82, 2.24) is 9.78 Å². The highest BCUT2D eigenvalue weighted by atomic mass is 15.2. The lowest BCUT2D eigenvalue weighted by Crippen LogP contribution is -1.99. The summed E-state index contributed by atoms with van der Waals surface area (Å²) in [6, 6.07) is 8.32. The molecule has 3 heteroatoms. The Morgan fingerprint density at radius 1 is 1.22 bits per heavy atom. The highest BCUT2D eigenvalue weighted by Crippen LogP contribution is 2.27. The topological polar surface area (TPSA) is 43.8 Å². The van der Waals surface area contributed by atoms with Crippen LogP contribution >= 0.6 is 0 Å². The van der Waals surface area contributed by atoms with Gasteiger partial charge < -0.3 is 5.73 Å². The van der Waals surface area contributed by atoms with Gasteiger partial charge in [0.05, 0.1) is 5.69 Å². The fourth-order valence-corrected chi connectivity index (χ4v) is 2.25. The molecule has 1 heterocycles. The van der Waals surface area contributed by atoms with E-state index in [-0.39, 0.29) is 0 Å². The van der Waals surface area contributed by atoms with Gasteiger partial charge in [-0.2, -0.15) is 5.10 Å². The van der Waals surface area contributed by atoms with Crippen molar-refractivity contribution in [2.45, 2.75) is 32.7 Å². The molecule has 1 aromatic heterocycles. The molecular formula is C15H21N3. The van der Waals surface area contributed by atoms with Gasteiger partial charge >= 0.3 is 0 Å². The molecule has 2 aromatic rings. The third kappa shape index (κ3) is 2.62. The normalized spacial score (nSPS) is 10.8. The van der Waals surface area contributed by atoms with Gasteiger partial charge in [0.15, 0.2) is 0 Å². The van der Waals surface area contributed by atoms with Crippen molar-refractivity contribution in [3.8, 4) is 11.1 Å². The molecular weight excluding hydrogens is 222 g/mol. The first-order valence-electron chi connectivity index (χ1n) is 6.57. The van der Waals surface area contributed by atoms with E-state index in [0.29, 0.717) is 6.54 Å². The van der Waals surface area contributed by atoms with Crippen LogP contribution in [-0.2, 0) is 20.0 Å². The highest BCUT2D eigenvalue weighted by Gasteiger charge is 2.12. The smallest absolute Gasteiger partial charge is 0.0702 e. The summed E-state index contributed by atoms with van der Waals surface area (Å²) in [6.45, 7) is 2.77. The summed E-state index contributed by atoms with van der Waals surface area (Å²) in [5, 5.41) is 4.58. The number of nitrogens with two attached hydrogens (primary N) is 1. The third-order valence-electron chi connectivity index (χ3n) is 3.20. The largest absolute Gasteiger partial charge is 0.326 e. The van der Waals surface area contributed by atoms with Crippen LogP contribution < -0.4 is 5.73 Å². The Morgan fingerprint density at radius 3 is 2.72 bits per heavy atom. The minimum absolute atomic E-state index is 0.568. The number of hydrogen-bond donors (Lipinski definition) is 1. The van der Waals surface area contributed by atoms with Crippen molar-refractivity contribution < 1.29 is 0 Å². The van der Waals surface area contributed by atoms with Gasteiger partial charge in [-0.1, -0.05) is 37.6 Å². The summed E-state index contributed by atoms with van der Waals surface area (Å²) < 4.78 is 1.90. The molecule has 0 radical (unpaired) electrons. The first-order valence-corrected chi connectivity index (χ1v) is 6.57. The number of nitrogens with zero attached hydrogens (tertiary/aromatic N) is 2. The Kier molecular flexibility index (Phi) is 4.15. The molecule has 0 aliphatic rings. The fourth-order valence-electron chi connectivity index (χ4n) is 2.25. The number of aryl methyl sites for hydroxylation is 2. The lowest BCUT2D eigenvalue weighted by Gasteiger charge is -2.07. The number of benzene rings is 1. The second kappa shape index (κ2) is 5.83. The number of aromatic nitrogens is 2. The van der Waals surface area contributed by atoms with Crippen LogP contribution in [0, 0.1) is 0 Å². The van der Waals surface area contributed by atoms with Crippen LogP contribution in [0.25, 0.3) is 11.1 Å². The summed E-state index contributed by atoms with van der Waals surface area (Å²) in [7, 11) is 1.98. The predicted molar refractivity (Wildman–Crippen MR) is 75.1 cm³/mol. The molecule has 0 fully saturated rings. The van der Waals surface area contributed by atoms with Crippen LogP contribution in [0.5, 0.6) is 0 Å². The summed E-state index contributed by atoms with van der Waals surface area (Å²) in [4.78, 5) is 0.